The second-order valence-electron chi connectivity index (χ2n) is 2.04. The molecule has 0 amide bonds. The molecule has 5 heteroatoms. The summed E-state index contributed by atoms with van der Waals surface area (Å²) >= 11 is 8.93. The molecule has 0 unspecified atom stereocenters. The quantitative estimate of drug-likeness (QED) is 0.697. The lowest BCUT2D eigenvalue weighted by Crippen LogP contribution is -1.87. The molecule has 56 valence electrons. The minimum Gasteiger partial charge on any atom is -0.220 e. The maximum Gasteiger partial charge on any atom is 0.156 e. The van der Waals surface area contributed by atoms with Crippen molar-refractivity contribution in [3.63, 3.8) is 0 Å². The summed E-state index contributed by atoms with van der Waals surface area (Å²) in [5.74, 6) is 0. The first-order valence-corrected chi connectivity index (χ1v) is 4.09. The molecule has 0 saturated heterocycles. The predicted molar refractivity (Wildman–Crippen MR) is 45.7 cm³/mol. The van der Waals surface area contributed by atoms with Gasteiger partial charge in [0.05, 0.1) is 17.4 Å². The average molecular weight is 232 g/mol. The van der Waals surface area contributed by atoms with Crippen molar-refractivity contribution in [1.29, 1.82) is 0 Å². The number of hydrogen-bond acceptors (Lipinski definition) is 2. The van der Waals surface area contributed by atoms with Gasteiger partial charge in [-0.2, -0.15) is 5.10 Å². The van der Waals surface area contributed by atoms with Gasteiger partial charge >= 0.3 is 0 Å². The highest BCUT2D eigenvalue weighted by atomic mass is 79.9. The Morgan fingerprint density at radius 3 is 3.18 bits per heavy atom. The van der Waals surface area contributed by atoms with E-state index in [4.69, 9.17) is 11.6 Å². The van der Waals surface area contributed by atoms with Crippen molar-refractivity contribution in [1.82, 2.24) is 14.6 Å². The van der Waals surface area contributed by atoms with Crippen LogP contribution < -0.4 is 0 Å². The van der Waals surface area contributed by atoms with Crippen LogP contribution in [0.3, 0.4) is 0 Å². The van der Waals surface area contributed by atoms with Gasteiger partial charge in [-0.1, -0.05) is 11.6 Å². The number of rotatable bonds is 0. The first-order valence-electron chi connectivity index (χ1n) is 2.92. The fourth-order valence-electron chi connectivity index (χ4n) is 0.825. The molecule has 2 aromatic rings. The molecule has 0 radical (unpaired) electrons. The standard InChI is InChI=1S/C6H3BrClN3/c7-5-3-11-6(10-5)1-4(8)2-9-11/h1-3H. The maximum absolute atomic E-state index is 5.70. The Kier molecular flexibility index (Phi) is 1.58. The number of aromatic nitrogens is 3. The summed E-state index contributed by atoms with van der Waals surface area (Å²) in [6, 6.07) is 1.75. The van der Waals surface area contributed by atoms with E-state index >= 15 is 0 Å². The summed E-state index contributed by atoms with van der Waals surface area (Å²) in [5, 5.41) is 4.59. The molecule has 0 bridgehead atoms. The Morgan fingerprint density at radius 2 is 2.36 bits per heavy atom. The van der Waals surface area contributed by atoms with E-state index in [1.807, 2.05) is 0 Å². The molecule has 0 fully saturated rings. The normalized spacial score (nSPS) is 10.7. The van der Waals surface area contributed by atoms with Gasteiger partial charge in [-0.15, -0.1) is 0 Å². The van der Waals surface area contributed by atoms with Crippen LogP contribution in [0.5, 0.6) is 0 Å². The Morgan fingerprint density at radius 1 is 1.55 bits per heavy atom. The highest BCUT2D eigenvalue weighted by molar-refractivity contribution is 9.10. The van der Waals surface area contributed by atoms with Gasteiger partial charge < -0.3 is 0 Å². The van der Waals surface area contributed by atoms with E-state index in [-0.39, 0.29) is 0 Å². The second kappa shape index (κ2) is 2.46. The Labute approximate surface area is 76.1 Å². The molecular formula is C6H3BrClN3. The molecule has 0 saturated carbocycles. The van der Waals surface area contributed by atoms with Crippen molar-refractivity contribution >= 4 is 33.2 Å². The topological polar surface area (TPSA) is 30.2 Å². The number of fused-ring (bicyclic) bond motifs is 1. The third-order valence-electron chi connectivity index (χ3n) is 1.26. The van der Waals surface area contributed by atoms with Crippen LogP contribution in [0, 0.1) is 0 Å². The molecule has 2 heterocycles. The molecule has 0 atom stereocenters. The van der Waals surface area contributed by atoms with Gasteiger partial charge in [-0.25, -0.2) is 9.50 Å². The molecular weight excluding hydrogens is 229 g/mol. The Bertz CT molecular complexity index is 398. The summed E-state index contributed by atoms with van der Waals surface area (Å²) in [6.07, 6.45) is 3.34. The van der Waals surface area contributed by atoms with E-state index in [1.54, 1.807) is 23.0 Å². The SMILES string of the molecule is Clc1cnn2cc(Br)nc2c1. The van der Waals surface area contributed by atoms with E-state index in [0.717, 1.165) is 10.3 Å². The molecule has 2 rings (SSSR count). The number of halogens is 2. The van der Waals surface area contributed by atoms with Crippen molar-refractivity contribution in [2.75, 3.05) is 0 Å². The van der Waals surface area contributed by atoms with Gasteiger partial charge in [0.15, 0.2) is 5.65 Å². The van der Waals surface area contributed by atoms with Gasteiger partial charge in [0, 0.05) is 6.07 Å². The summed E-state index contributed by atoms with van der Waals surface area (Å²) in [4.78, 5) is 4.11. The highest BCUT2D eigenvalue weighted by Crippen LogP contribution is 2.12. The van der Waals surface area contributed by atoms with Crippen molar-refractivity contribution in [3.05, 3.63) is 28.1 Å². The predicted octanol–water partition coefficient (Wildman–Crippen LogP) is 2.15. The Balaban J connectivity index is 2.82. The van der Waals surface area contributed by atoms with Crippen LogP contribution in [0.15, 0.2) is 23.1 Å². The largest absolute Gasteiger partial charge is 0.220 e. The minimum atomic E-state index is 0.593. The number of imidazole rings is 1. The molecule has 11 heavy (non-hydrogen) atoms. The average Bonchev–Trinajstić information content (AvgIpc) is 2.27. The van der Waals surface area contributed by atoms with Gasteiger partial charge in [-0.3, -0.25) is 0 Å². The molecule has 0 spiro atoms. The monoisotopic (exact) mass is 231 g/mol. The lowest BCUT2D eigenvalue weighted by Gasteiger charge is -1.89. The van der Waals surface area contributed by atoms with Crippen molar-refractivity contribution in [2.24, 2.45) is 0 Å². The molecule has 3 nitrogen and oxygen atoms in total. The van der Waals surface area contributed by atoms with Crippen LogP contribution in [-0.4, -0.2) is 14.6 Å². The summed E-state index contributed by atoms with van der Waals surface area (Å²) < 4.78 is 2.41. The van der Waals surface area contributed by atoms with Crippen molar-refractivity contribution < 1.29 is 0 Å². The zero-order chi connectivity index (χ0) is 7.84. The van der Waals surface area contributed by atoms with Crippen molar-refractivity contribution in [3.8, 4) is 0 Å². The van der Waals surface area contributed by atoms with Gasteiger partial charge in [-0.05, 0) is 15.9 Å². The molecule has 0 aliphatic rings. The van der Waals surface area contributed by atoms with E-state index in [1.165, 1.54) is 0 Å². The van der Waals surface area contributed by atoms with Crippen LogP contribution in [0.25, 0.3) is 5.65 Å². The maximum atomic E-state index is 5.70. The number of hydrogen-bond donors (Lipinski definition) is 0. The smallest absolute Gasteiger partial charge is 0.156 e. The molecule has 0 aliphatic heterocycles. The van der Waals surface area contributed by atoms with Gasteiger partial charge in [0.1, 0.15) is 4.60 Å². The van der Waals surface area contributed by atoms with Gasteiger partial charge in [0.25, 0.3) is 0 Å². The fourth-order valence-corrected chi connectivity index (χ4v) is 1.34. The van der Waals surface area contributed by atoms with Crippen LogP contribution in [0.1, 0.15) is 0 Å². The van der Waals surface area contributed by atoms with Crippen LogP contribution in [0.2, 0.25) is 5.02 Å². The van der Waals surface area contributed by atoms with E-state index < -0.39 is 0 Å². The third kappa shape index (κ3) is 1.23. The van der Waals surface area contributed by atoms with E-state index in [9.17, 15) is 0 Å². The first-order chi connectivity index (χ1) is 5.25. The summed E-state index contributed by atoms with van der Waals surface area (Å²) in [5.41, 5.74) is 0.740. The second-order valence-corrected chi connectivity index (χ2v) is 3.29. The van der Waals surface area contributed by atoms with E-state index in [0.29, 0.717) is 5.02 Å². The molecule has 0 aliphatic carbocycles. The van der Waals surface area contributed by atoms with Crippen LogP contribution in [0.4, 0.5) is 0 Å². The highest BCUT2D eigenvalue weighted by Gasteiger charge is 1.98. The first kappa shape index (κ1) is 7.06. The van der Waals surface area contributed by atoms with E-state index in [2.05, 4.69) is 26.0 Å². The number of nitrogens with zero attached hydrogens (tertiary/aromatic N) is 3. The van der Waals surface area contributed by atoms with Crippen LogP contribution >= 0.6 is 27.5 Å². The lowest BCUT2D eigenvalue weighted by molar-refractivity contribution is 0.935. The van der Waals surface area contributed by atoms with Crippen LogP contribution in [-0.2, 0) is 0 Å². The summed E-state index contributed by atoms with van der Waals surface area (Å²) in [6.45, 7) is 0. The fraction of sp³-hybridized carbons (Fsp3) is 0. The van der Waals surface area contributed by atoms with Gasteiger partial charge in [0.2, 0.25) is 0 Å². The summed E-state index contributed by atoms with van der Waals surface area (Å²) in [7, 11) is 0. The van der Waals surface area contributed by atoms with Crippen molar-refractivity contribution in [2.45, 2.75) is 0 Å². The lowest BCUT2D eigenvalue weighted by atomic mass is 10.6. The zero-order valence-electron chi connectivity index (χ0n) is 5.33. The minimum absolute atomic E-state index is 0.593. The zero-order valence-corrected chi connectivity index (χ0v) is 7.67. The molecule has 2 aromatic heterocycles. The molecule has 0 N–H and O–H groups in total. The molecule has 0 aromatic carbocycles. The Hall–Kier alpha value is -0.610. The third-order valence-corrected chi connectivity index (χ3v) is 1.85.